The van der Waals surface area contributed by atoms with Crippen LogP contribution in [0, 0.1) is 0 Å². The van der Waals surface area contributed by atoms with Crippen molar-refractivity contribution in [2.75, 3.05) is 20.6 Å². The highest BCUT2D eigenvalue weighted by Gasteiger charge is 2.33. The van der Waals surface area contributed by atoms with E-state index in [-0.39, 0.29) is 5.56 Å². The molecule has 0 unspecified atom stereocenters. The summed E-state index contributed by atoms with van der Waals surface area (Å²) in [6.07, 6.45) is -0.278. The minimum absolute atomic E-state index is 0.214. The van der Waals surface area contributed by atoms with Gasteiger partial charge in [-0.3, -0.25) is 9.36 Å². The number of halogens is 1. The summed E-state index contributed by atoms with van der Waals surface area (Å²) in [6.45, 7) is 3.03. The number of fused-ring (bicyclic) bond motifs is 4. The zero-order chi connectivity index (χ0) is 26.1. The van der Waals surface area contributed by atoms with Gasteiger partial charge in [0.1, 0.15) is 5.82 Å². The molecular weight excluding hydrogens is 488 g/mol. The minimum Gasteiger partial charge on any atom is -0.436 e. The van der Waals surface area contributed by atoms with Crippen LogP contribution in [0.2, 0.25) is 5.02 Å². The first-order valence-corrected chi connectivity index (χ1v) is 12.8. The first-order valence-electron chi connectivity index (χ1n) is 12.4. The Balaban J connectivity index is 1.48. The highest BCUT2D eigenvalue weighted by molar-refractivity contribution is 6.35. The van der Waals surface area contributed by atoms with Crippen LogP contribution in [-0.4, -0.2) is 41.2 Å². The van der Waals surface area contributed by atoms with E-state index in [9.17, 15) is 9.59 Å². The molecule has 0 bridgehead atoms. The van der Waals surface area contributed by atoms with Gasteiger partial charge in [0.2, 0.25) is 0 Å². The molecule has 8 heteroatoms. The lowest BCUT2D eigenvalue weighted by Gasteiger charge is -2.28. The third-order valence-electron chi connectivity index (χ3n) is 7.01. The summed E-state index contributed by atoms with van der Waals surface area (Å²) in [7, 11) is 3.54. The molecule has 37 heavy (non-hydrogen) atoms. The molecule has 4 aromatic rings. The predicted molar refractivity (Wildman–Crippen MR) is 146 cm³/mol. The molecule has 1 atom stereocenters. The number of carbonyl (C=O) groups excluding carboxylic acids is 1. The Morgan fingerprint density at radius 1 is 1.08 bits per heavy atom. The van der Waals surface area contributed by atoms with Crippen molar-refractivity contribution in [1.82, 2.24) is 19.8 Å². The second-order valence-electron chi connectivity index (χ2n) is 9.24. The van der Waals surface area contributed by atoms with Crippen molar-refractivity contribution in [3.63, 3.8) is 0 Å². The number of amides is 1. The molecule has 1 aromatic heterocycles. The van der Waals surface area contributed by atoms with Gasteiger partial charge in [-0.05, 0) is 50.2 Å². The summed E-state index contributed by atoms with van der Waals surface area (Å²) in [5, 5.41) is 3.85. The lowest BCUT2D eigenvalue weighted by atomic mass is 10.1. The summed E-state index contributed by atoms with van der Waals surface area (Å²) in [5.41, 5.74) is 4.34. The number of nitrogens with zero attached hydrogens (tertiary/aromatic N) is 3. The van der Waals surface area contributed by atoms with Crippen molar-refractivity contribution in [2.24, 2.45) is 0 Å². The molecule has 0 spiro atoms. The predicted octanol–water partition coefficient (Wildman–Crippen LogP) is 5.56. The number of hydrogen-bond acceptors (Lipinski definition) is 5. The molecule has 5 rings (SSSR count). The van der Waals surface area contributed by atoms with Crippen LogP contribution < -0.4 is 10.9 Å². The average molecular weight is 517 g/mol. The van der Waals surface area contributed by atoms with E-state index in [0.717, 1.165) is 35.2 Å². The Hall–Kier alpha value is -3.68. The van der Waals surface area contributed by atoms with E-state index in [2.05, 4.69) is 5.32 Å². The summed E-state index contributed by atoms with van der Waals surface area (Å²) in [5.74, 6) is 0.488. The first-order chi connectivity index (χ1) is 17.9. The maximum absolute atomic E-state index is 13.5. The maximum atomic E-state index is 13.5. The molecule has 0 radical (unpaired) electrons. The number of hydrogen-bond donors (Lipinski definition) is 1. The van der Waals surface area contributed by atoms with Gasteiger partial charge in [-0.25, -0.2) is 9.78 Å². The van der Waals surface area contributed by atoms with Crippen LogP contribution in [0.4, 0.5) is 4.79 Å². The maximum Gasteiger partial charge on any atom is 0.411 e. The van der Waals surface area contributed by atoms with Crippen molar-refractivity contribution >= 4 is 28.6 Å². The lowest BCUT2D eigenvalue weighted by Crippen LogP contribution is -2.36. The van der Waals surface area contributed by atoms with Crippen LogP contribution in [0.15, 0.2) is 71.5 Å². The fraction of sp³-hybridized carbons (Fsp3) is 0.276. The van der Waals surface area contributed by atoms with E-state index in [4.69, 9.17) is 21.3 Å². The third kappa shape index (κ3) is 4.49. The molecule has 7 nitrogen and oxygen atoms in total. The molecule has 190 valence electrons. The largest absolute Gasteiger partial charge is 0.436 e. The molecular formula is C29H29ClN4O3. The quantitative estimate of drug-likeness (QED) is 0.325. The van der Waals surface area contributed by atoms with E-state index in [0.29, 0.717) is 28.3 Å². The molecule has 1 amide bonds. The second kappa shape index (κ2) is 10.4. The van der Waals surface area contributed by atoms with Gasteiger partial charge in [0.25, 0.3) is 5.56 Å². The topological polar surface area (TPSA) is 76.5 Å². The summed E-state index contributed by atoms with van der Waals surface area (Å²) in [6, 6.07) is 20.6. The van der Waals surface area contributed by atoms with Crippen LogP contribution >= 0.6 is 11.6 Å². The monoisotopic (exact) mass is 516 g/mol. The standard InChI is InChI=1S/C29H29ClN4O3/c1-18(27-32-24-15-8-14-23(30)25(24)28(35)34(27)17-9-16-31-2)33(3)29(36)37-26-21-12-6-4-10-19(21)20-11-5-7-13-22(20)26/h4-8,10-15,18,26,31H,9,16-17H2,1-3H3/t18-/m0/s1. The van der Waals surface area contributed by atoms with E-state index >= 15 is 0 Å². The Labute approximate surface area is 220 Å². The van der Waals surface area contributed by atoms with Crippen molar-refractivity contribution < 1.29 is 9.53 Å². The number of benzene rings is 3. The van der Waals surface area contributed by atoms with Gasteiger partial charge >= 0.3 is 6.09 Å². The summed E-state index contributed by atoms with van der Waals surface area (Å²) in [4.78, 5) is 33.3. The SMILES string of the molecule is CNCCCn1c([C@H](C)N(C)C(=O)OC2c3ccccc3-c3ccccc32)nc2cccc(Cl)c2c1=O. The molecule has 3 aromatic carbocycles. The minimum atomic E-state index is -0.523. The van der Waals surface area contributed by atoms with E-state index < -0.39 is 18.2 Å². The highest BCUT2D eigenvalue weighted by atomic mass is 35.5. The van der Waals surface area contributed by atoms with Crippen LogP contribution in [0.1, 0.15) is 42.4 Å². The molecule has 1 aliphatic carbocycles. The van der Waals surface area contributed by atoms with Crippen LogP contribution in [0.25, 0.3) is 22.0 Å². The normalized spacial score (nSPS) is 13.3. The van der Waals surface area contributed by atoms with E-state index in [1.54, 1.807) is 29.8 Å². The second-order valence-corrected chi connectivity index (χ2v) is 9.65. The zero-order valence-corrected chi connectivity index (χ0v) is 21.8. The smallest absolute Gasteiger partial charge is 0.411 e. The molecule has 0 saturated carbocycles. The fourth-order valence-electron chi connectivity index (χ4n) is 4.94. The summed E-state index contributed by atoms with van der Waals surface area (Å²) < 4.78 is 7.71. The van der Waals surface area contributed by atoms with Crippen molar-refractivity contribution in [3.8, 4) is 11.1 Å². The Morgan fingerprint density at radius 3 is 2.38 bits per heavy atom. The highest BCUT2D eigenvalue weighted by Crippen LogP contribution is 2.45. The molecule has 0 fully saturated rings. The Morgan fingerprint density at radius 2 is 1.73 bits per heavy atom. The van der Waals surface area contributed by atoms with Gasteiger partial charge in [-0.1, -0.05) is 66.2 Å². The Kier molecular flexibility index (Phi) is 7.00. The summed E-state index contributed by atoms with van der Waals surface area (Å²) >= 11 is 6.37. The molecule has 1 heterocycles. The van der Waals surface area contributed by atoms with Gasteiger partial charge in [-0.2, -0.15) is 0 Å². The van der Waals surface area contributed by atoms with Crippen molar-refractivity contribution in [3.05, 3.63) is 99.1 Å². The van der Waals surface area contributed by atoms with Gasteiger partial charge in [-0.15, -0.1) is 0 Å². The third-order valence-corrected chi connectivity index (χ3v) is 7.32. The Bertz CT molecular complexity index is 1490. The van der Waals surface area contributed by atoms with Crippen LogP contribution in [0.5, 0.6) is 0 Å². The average Bonchev–Trinajstić information content (AvgIpc) is 3.22. The van der Waals surface area contributed by atoms with Gasteiger partial charge in [0, 0.05) is 24.7 Å². The van der Waals surface area contributed by atoms with Gasteiger partial charge in [0.15, 0.2) is 6.10 Å². The fourth-order valence-corrected chi connectivity index (χ4v) is 5.19. The van der Waals surface area contributed by atoms with E-state index in [1.807, 2.05) is 62.5 Å². The van der Waals surface area contributed by atoms with Gasteiger partial charge < -0.3 is 15.0 Å². The molecule has 0 saturated heterocycles. The van der Waals surface area contributed by atoms with Gasteiger partial charge in [0.05, 0.1) is 22.0 Å². The zero-order valence-electron chi connectivity index (χ0n) is 21.1. The van der Waals surface area contributed by atoms with Crippen LogP contribution in [-0.2, 0) is 11.3 Å². The van der Waals surface area contributed by atoms with Crippen molar-refractivity contribution in [1.29, 1.82) is 0 Å². The van der Waals surface area contributed by atoms with E-state index in [1.165, 1.54) is 4.90 Å². The molecule has 1 aliphatic rings. The molecule has 1 N–H and O–H groups in total. The first kappa shape index (κ1) is 25.0. The lowest BCUT2D eigenvalue weighted by molar-refractivity contribution is 0.0745. The van der Waals surface area contributed by atoms with Crippen LogP contribution in [0.3, 0.4) is 0 Å². The number of aromatic nitrogens is 2. The number of carbonyl (C=O) groups is 1. The number of rotatable bonds is 7. The van der Waals surface area contributed by atoms with Crippen molar-refractivity contribution in [2.45, 2.75) is 32.0 Å². The molecule has 0 aliphatic heterocycles. The number of nitrogens with one attached hydrogen (secondary N) is 1. The number of ether oxygens (including phenoxy) is 1.